The second-order valence-electron chi connectivity index (χ2n) is 4.08. The lowest BCUT2D eigenvalue weighted by Gasteiger charge is -2.12. The van der Waals surface area contributed by atoms with Gasteiger partial charge >= 0.3 is 5.97 Å². The Labute approximate surface area is 104 Å². The molecule has 1 aliphatic heterocycles. The summed E-state index contributed by atoms with van der Waals surface area (Å²) in [7, 11) is 0. The van der Waals surface area contributed by atoms with Gasteiger partial charge in [0.1, 0.15) is 11.4 Å². The molecule has 2 heterocycles. The molecule has 1 unspecified atom stereocenters. The minimum absolute atomic E-state index is 0.135. The van der Waals surface area contributed by atoms with Crippen molar-refractivity contribution >= 4 is 29.2 Å². The molecule has 6 heteroatoms. The van der Waals surface area contributed by atoms with Crippen molar-refractivity contribution in [3.63, 3.8) is 0 Å². The maximum Gasteiger partial charge on any atom is 0.339 e. The lowest BCUT2D eigenvalue weighted by molar-refractivity contribution is 0.0697. The average molecular weight is 253 g/mol. The fourth-order valence-corrected chi connectivity index (χ4v) is 3.05. The zero-order chi connectivity index (χ0) is 12.3. The van der Waals surface area contributed by atoms with Gasteiger partial charge in [0.05, 0.1) is 11.9 Å². The summed E-state index contributed by atoms with van der Waals surface area (Å²) in [4.78, 5) is 15.1. The standard InChI is InChI=1S/C11H15N3O2S/c12-8-3-9(11(15)16)10(14-5-8)13-4-7-1-2-17-6-7/h3,5,7H,1-2,4,6,12H2,(H,13,14)(H,15,16). The molecule has 1 fully saturated rings. The van der Waals surface area contributed by atoms with Crippen LogP contribution in [0.15, 0.2) is 12.3 Å². The second-order valence-corrected chi connectivity index (χ2v) is 5.23. The Hall–Kier alpha value is -1.43. The summed E-state index contributed by atoms with van der Waals surface area (Å²) in [5.74, 6) is 2.32. The Morgan fingerprint density at radius 2 is 2.53 bits per heavy atom. The highest BCUT2D eigenvalue weighted by molar-refractivity contribution is 7.99. The zero-order valence-electron chi connectivity index (χ0n) is 9.35. The molecule has 4 N–H and O–H groups in total. The second kappa shape index (κ2) is 5.27. The number of hydrogen-bond donors (Lipinski definition) is 3. The molecule has 0 bridgehead atoms. The SMILES string of the molecule is Nc1cnc(NCC2CCSC2)c(C(=O)O)c1. The number of carbonyl (C=O) groups is 1. The minimum Gasteiger partial charge on any atom is -0.478 e. The topological polar surface area (TPSA) is 88.2 Å². The van der Waals surface area contributed by atoms with Crippen molar-refractivity contribution in [1.82, 2.24) is 4.98 Å². The van der Waals surface area contributed by atoms with E-state index in [1.165, 1.54) is 24.4 Å². The summed E-state index contributed by atoms with van der Waals surface area (Å²) >= 11 is 1.93. The van der Waals surface area contributed by atoms with Gasteiger partial charge in [-0.3, -0.25) is 0 Å². The third-order valence-corrected chi connectivity index (χ3v) is 3.95. The van der Waals surface area contributed by atoms with Crippen LogP contribution in [0.4, 0.5) is 11.5 Å². The van der Waals surface area contributed by atoms with Gasteiger partial charge < -0.3 is 16.2 Å². The van der Waals surface area contributed by atoms with E-state index in [1.54, 1.807) is 0 Å². The van der Waals surface area contributed by atoms with Gasteiger partial charge in [-0.1, -0.05) is 0 Å². The number of aromatic nitrogens is 1. The molecule has 0 amide bonds. The first kappa shape index (κ1) is 12.0. The Morgan fingerprint density at radius 1 is 1.71 bits per heavy atom. The van der Waals surface area contributed by atoms with Crippen LogP contribution in [0.2, 0.25) is 0 Å². The van der Waals surface area contributed by atoms with Crippen LogP contribution in [-0.2, 0) is 0 Å². The Morgan fingerprint density at radius 3 is 3.18 bits per heavy atom. The molecule has 5 nitrogen and oxygen atoms in total. The number of nitrogens with one attached hydrogen (secondary N) is 1. The highest BCUT2D eigenvalue weighted by Crippen LogP contribution is 2.24. The summed E-state index contributed by atoms with van der Waals surface area (Å²) in [6.45, 7) is 0.768. The van der Waals surface area contributed by atoms with E-state index in [9.17, 15) is 4.79 Å². The number of carboxylic acids is 1. The summed E-state index contributed by atoms with van der Waals surface area (Å²) in [5.41, 5.74) is 6.03. The van der Waals surface area contributed by atoms with Crippen LogP contribution in [0.3, 0.4) is 0 Å². The number of pyridine rings is 1. The molecule has 1 atom stereocenters. The Bertz CT molecular complexity index is 419. The molecule has 2 rings (SSSR count). The van der Waals surface area contributed by atoms with Crippen LogP contribution in [0.25, 0.3) is 0 Å². The predicted molar refractivity (Wildman–Crippen MR) is 69.5 cm³/mol. The van der Waals surface area contributed by atoms with Gasteiger partial charge in [0, 0.05) is 6.54 Å². The normalized spacial score (nSPS) is 19.2. The number of nitrogens with two attached hydrogens (primary N) is 1. The molecule has 0 aliphatic carbocycles. The lowest BCUT2D eigenvalue weighted by Crippen LogP contribution is -2.16. The molecular weight excluding hydrogens is 238 g/mol. The van der Waals surface area contributed by atoms with Crippen molar-refractivity contribution in [2.75, 3.05) is 29.1 Å². The number of carboxylic acid groups (broad SMARTS) is 1. The van der Waals surface area contributed by atoms with E-state index in [-0.39, 0.29) is 5.56 Å². The van der Waals surface area contributed by atoms with Crippen LogP contribution >= 0.6 is 11.8 Å². The van der Waals surface area contributed by atoms with Crippen LogP contribution in [0.5, 0.6) is 0 Å². The van der Waals surface area contributed by atoms with Crippen LogP contribution < -0.4 is 11.1 Å². The van der Waals surface area contributed by atoms with Gasteiger partial charge in [-0.2, -0.15) is 11.8 Å². The van der Waals surface area contributed by atoms with Gasteiger partial charge in [0.15, 0.2) is 0 Å². The molecule has 1 aliphatic rings. The summed E-state index contributed by atoms with van der Waals surface area (Å²) < 4.78 is 0. The largest absolute Gasteiger partial charge is 0.478 e. The molecule has 17 heavy (non-hydrogen) atoms. The average Bonchev–Trinajstić information content (AvgIpc) is 2.80. The van der Waals surface area contributed by atoms with Crippen LogP contribution in [-0.4, -0.2) is 34.1 Å². The highest BCUT2D eigenvalue weighted by atomic mass is 32.2. The summed E-state index contributed by atoms with van der Waals surface area (Å²) in [5, 5.41) is 12.1. The van der Waals surface area contributed by atoms with Gasteiger partial charge in [-0.15, -0.1) is 0 Å². The number of hydrogen-bond acceptors (Lipinski definition) is 5. The molecule has 0 aromatic carbocycles. The number of nitrogens with zero attached hydrogens (tertiary/aromatic N) is 1. The van der Waals surface area contributed by atoms with Gasteiger partial charge in [0.2, 0.25) is 0 Å². The third kappa shape index (κ3) is 3.03. The van der Waals surface area contributed by atoms with Gasteiger partial charge in [0.25, 0.3) is 0 Å². The maximum atomic E-state index is 11.0. The number of anilines is 2. The molecular formula is C11H15N3O2S. The fraction of sp³-hybridized carbons (Fsp3) is 0.455. The maximum absolute atomic E-state index is 11.0. The van der Waals surface area contributed by atoms with E-state index in [2.05, 4.69) is 10.3 Å². The number of rotatable bonds is 4. The number of aromatic carboxylic acids is 1. The number of thioether (sulfide) groups is 1. The first-order chi connectivity index (χ1) is 8.16. The number of nitrogen functional groups attached to an aromatic ring is 1. The summed E-state index contributed by atoms with van der Waals surface area (Å²) in [6, 6.07) is 1.43. The molecule has 0 saturated carbocycles. The van der Waals surface area contributed by atoms with Crippen molar-refractivity contribution in [1.29, 1.82) is 0 Å². The Kier molecular flexibility index (Phi) is 3.73. The van der Waals surface area contributed by atoms with E-state index in [0.29, 0.717) is 17.4 Å². The van der Waals surface area contributed by atoms with Crippen molar-refractivity contribution in [3.05, 3.63) is 17.8 Å². The molecule has 1 aromatic rings. The minimum atomic E-state index is -1.01. The molecule has 1 aromatic heterocycles. The van der Waals surface area contributed by atoms with Crippen molar-refractivity contribution in [2.45, 2.75) is 6.42 Å². The third-order valence-electron chi connectivity index (χ3n) is 2.72. The van der Waals surface area contributed by atoms with Crippen molar-refractivity contribution < 1.29 is 9.90 Å². The quantitative estimate of drug-likeness (QED) is 0.754. The van der Waals surface area contributed by atoms with E-state index in [1.807, 2.05) is 11.8 Å². The smallest absolute Gasteiger partial charge is 0.339 e. The molecule has 1 saturated heterocycles. The monoisotopic (exact) mass is 253 g/mol. The van der Waals surface area contributed by atoms with Crippen LogP contribution in [0.1, 0.15) is 16.8 Å². The molecule has 0 spiro atoms. The van der Waals surface area contributed by atoms with Crippen LogP contribution in [0, 0.1) is 5.92 Å². The summed E-state index contributed by atoms with van der Waals surface area (Å²) in [6.07, 6.45) is 2.65. The van der Waals surface area contributed by atoms with E-state index >= 15 is 0 Å². The van der Waals surface area contributed by atoms with Gasteiger partial charge in [-0.05, 0) is 29.9 Å². The Balaban J connectivity index is 2.06. The molecule has 0 radical (unpaired) electrons. The van der Waals surface area contributed by atoms with E-state index in [4.69, 9.17) is 10.8 Å². The van der Waals surface area contributed by atoms with Crippen molar-refractivity contribution in [3.8, 4) is 0 Å². The van der Waals surface area contributed by atoms with E-state index < -0.39 is 5.97 Å². The predicted octanol–water partition coefficient (Wildman–Crippen LogP) is 1.53. The molecule has 92 valence electrons. The van der Waals surface area contributed by atoms with Crippen molar-refractivity contribution in [2.24, 2.45) is 5.92 Å². The first-order valence-corrected chi connectivity index (χ1v) is 6.62. The van der Waals surface area contributed by atoms with E-state index in [0.717, 1.165) is 12.3 Å². The zero-order valence-corrected chi connectivity index (χ0v) is 10.2. The van der Waals surface area contributed by atoms with Gasteiger partial charge in [-0.25, -0.2) is 9.78 Å². The lowest BCUT2D eigenvalue weighted by atomic mass is 10.1. The fourth-order valence-electron chi connectivity index (χ4n) is 1.77. The first-order valence-electron chi connectivity index (χ1n) is 5.47. The highest BCUT2D eigenvalue weighted by Gasteiger charge is 2.17.